The Bertz CT molecular complexity index is 469. The molecule has 0 spiro atoms. The molecule has 0 saturated carbocycles. The van der Waals surface area contributed by atoms with Gasteiger partial charge < -0.3 is 18.9 Å². The van der Waals surface area contributed by atoms with Crippen LogP contribution in [0.3, 0.4) is 0 Å². The molecule has 1 heterocycles. The van der Waals surface area contributed by atoms with Crippen LogP contribution in [0.25, 0.3) is 10.8 Å². The molecule has 0 aliphatic carbocycles. The minimum Gasteiger partial charge on any atom is -0.467 e. The van der Waals surface area contributed by atoms with Crippen LogP contribution < -0.4 is 9.47 Å². The van der Waals surface area contributed by atoms with Gasteiger partial charge in [-0.1, -0.05) is 0 Å². The van der Waals surface area contributed by atoms with Gasteiger partial charge in [0.1, 0.15) is 11.5 Å². The highest BCUT2D eigenvalue weighted by atomic mass is 16.7. The summed E-state index contributed by atoms with van der Waals surface area (Å²) in [7, 11) is 3.16. The molecule has 5 heteroatoms. The lowest BCUT2D eigenvalue weighted by atomic mass is 10.1. The van der Waals surface area contributed by atoms with Crippen LogP contribution in [-0.4, -0.2) is 32.8 Å². The summed E-state index contributed by atoms with van der Waals surface area (Å²) in [5.41, 5.74) is 0. The summed E-state index contributed by atoms with van der Waals surface area (Å²) >= 11 is 0. The van der Waals surface area contributed by atoms with Gasteiger partial charge in [0.15, 0.2) is 13.6 Å². The van der Waals surface area contributed by atoms with Crippen molar-refractivity contribution in [3.05, 3.63) is 30.6 Å². The van der Waals surface area contributed by atoms with E-state index in [0.717, 1.165) is 16.5 Å². The Morgan fingerprint density at radius 2 is 1.50 bits per heavy atom. The van der Waals surface area contributed by atoms with Crippen LogP contribution in [0.15, 0.2) is 30.6 Å². The Balaban J connectivity index is 2.38. The third-order valence-corrected chi connectivity index (χ3v) is 2.40. The lowest BCUT2D eigenvalue weighted by molar-refractivity contribution is 0.0500. The maximum Gasteiger partial charge on any atom is 0.188 e. The van der Waals surface area contributed by atoms with Crippen molar-refractivity contribution < 1.29 is 18.9 Å². The zero-order chi connectivity index (χ0) is 12.8. The third-order valence-electron chi connectivity index (χ3n) is 2.40. The average molecular weight is 249 g/mol. The van der Waals surface area contributed by atoms with Gasteiger partial charge in [0.2, 0.25) is 0 Å². The summed E-state index contributed by atoms with van der Waals surface area (Å²) in [6.45, 7) is 0.401. The lowest BCUT2D eigenvalue weighted by Crippen LogP contribution is -2.02. The fourth-order valence-corrected chi connectivity index (χ4v) is 1.63. The number of aromatic nitrogens is 1. The van der Waals surface area contributed by atoms with Gasteiger partial charge in [-0.3, -0.25) is 4.98 Å². The Kier molecular flexibility index (Phi) is 4.33. The number of hydrogen-bond donors (Lipinski definition) is 0. The van der Waals surface area contributed by atoms with Gasteiger partial charge in [-0.25, -0.2) is 0 Å². The van der Waals surface area contributed by atoms with Crippen molar-refractivity contribution in [2.24, 2.45) is 0 Å². The van der Waals surface area contributed by atoms with E-state index in [1.54, 1.807) is 26.6 Å². The van der Waals surface area contributed by atoms with Gasteiger partial charge in [-0.15, -0.1) is 0 Å². The largest absolute Gasteiger partial charge is 0.467 e. The van der Waals surface area contributed by atoms with Gasteiger partial charge in [-0.05, 0) is 18.2 Å². The van der Waals surface area contributed by atoms with Crippen LogP contribution in [0, 0.1) is 0 Å². The molecule has 1 aromatic heterocycles. The highest BCUT2D eigenvalue weighted by Gasteiger charge is 2.08. The summed E-state index contributed by atoms with van der Waals surface area (Å²) in [5.74, 6) is 1.45. The van der Waals surface area contributed by atoms with Crippen molar-refractivity contribution in [2.45, 2.75) is 0 Å². The topological polar surface area (TPSA) is 49.8 Å². The van der Waals surface area contributed by atoms with E-state index in [9.17, 15) is 0 Å². The highest BCUT2D eigenvalue weighted by molar-refractivity contribution is 5.92. The molecule has 2 aromatic rings. The fraction of sp³-hybridized carbons (Fsp3) is 0.308. The average Bonchev–Trinajstić information content (AvgIpc) is 2.43. The van der Waals surface area contributed by atoms with Crippen molar-refractivity contribution in [1.29, 1.82) is 0 Å². The third kappa shape index (κ3) is 2.69. The molecule has 96 valence electrons. The zero-order valence-electron chi connectivity index (χ0n) is 10.4. The van der Waals surface area contributed by atoms with E-state index >= 15 is 0 Å². The Morgan fingerprint density at radius 1 is 0.889 bits per heavy atom. The molecule has 2 rings (SSSR count). The summed E-state index contributed by atoms with van der Waals surface area (Å²) in [5, 5.41) is 1.80. The van der Waals surface area contributed by atoms with Gasteiger partial charge in [0.05, 0.1) is 0 Å². The number of methoxy groups -OCH3 is 2. The van der Waals surface area contributed by atoms with Gasteiger partial charge in [0, 0.05) is 37.4 Å². The second-order valence-electron chi connectivity index (χ2n) is 3.58. The first-order chi connectivity index (χ1) is 8.86. The van der Waals surface area contributed by atoms with E-state index in [2.05, 4.69) is 4.98 Å². The molecule has 18 heavy (non-hydrogen) atoms. The standard InChI is InChI=1S/C13H15NO4/c1-15-8-17-12-3-4-13(18-9-16-2)11-7-14-6-5-10(11)12/h3-7H,8-9H2,1-2H3. The van der Waals surface area contributed by atoms with Crippen LogP contribution >= 0.6 is 0 Å². The number of ether oxygens (including phenoxy) is 4. The molecule has 0 N–H and O–H groups in total. The number of pyridine rings is 1. The predicted molar refractivity (Wildman–Crippen MR) is 66.8 cm³/mol. The molecule has 0 atom stereocenters. The summed E-state index contributed by atoms with van der Waals surface area (Å²) in [6, 6.07) is 5.54. The fourth-order valence-electron chi connectivity index (χ4n) is 1.63. The molecule has 0 saturated heterocycles. The first-order valence-corrected chi connectivity index (χ1v) is 5.47. The molecule has 0 amide bonds. The molecule has 0 radical (unpaired) electrons. The van der Waals surface area contributed by atoms with Crippen LogP contribution in [-0.2, 0) is 9.47 Å². The van der Waals surface area contributed by atoms with E-state index < -0.39 is 0 Å². The molecule has 5 nitrogen and oxygen atoms in total. The second-order valence-corrected chi connectivity index (χ2v) is 3.58. The smallest absolute Gasteiger partial charge is 0.188 e. The maximum atomic E-state index is 5.49. The number of benzene rings is 1. The minimum atomic E-state index is 0.197. The van der Waals surface area contributed by atoms with Crippen LogP contribution in [0.5, 0.6) is 11.5 Å². The van der Waals surface area contributed by atoms with Crippen molar-refractivity contribution in [3.8, 4) is 11.5 Å². The van der Waals surface area contributed by atoms with E-state index in [1.807, 2.05) is 18.2 Å². The van der Waals surface area contributed by atoms with Crippen LogP contribution in [0.4, 0.5) is 0 Å². The number of hydrogen-bond acceptors (Lipinski definition) is 5. The quantitative estimate of drug-likeness (QED) is 0.734. The Labute approximate surface area is 105 Å². The van der Waals surface area contributed by atoms with E-state index in [1.165, 1.54) is 0 Å². The number of fused-ring (bicyclic) bond motifs is 1. The monoisotopic (exact) mass is 249 g/mol. The van der Waals surface area contributed by atoms with Gasteiger partial charge >= 0.3 is 0 Å². The number of rotatable bonds is 6. The molecule has 1 aromatic carbocycles. The van der Waals surface area contributed by atoms with Crippen LogP contribution in [0.2, 0.25) is 0 Å². The first-order valence-electron chi connectivity index (χ1n) is 5.47. The van der Waals surface area contributed by atoms with E-state index in [-0.39, 0.29) is 13.6 Å². The minimum absolute atomic E-state index is 0.197. The van der Waals surface area contributed by atoms with Gasteiger partial charge in [-0.2, -0.15) is 0 Å². The summed E-state index contributed by atoms with van der Waals surface area (Å²) < 4.78 is 20.8. The van der Waals surface area contributed by atoms with E-state index in [0.29, 0.717) is 5.75 Å². The molecule has 0 unspecified atom stereocenters. The first kappa shape index (κ1) is 12.6. The second kappa shape index (κ2) is 6.18. The maximum absolute atomic E-state index is 5.49. The molecular weight excluding hydrogens is 234 g/mol. The Morgan fingerprint density at radius 3 is 2.11 bits per heavy atom. The highest BCUT2D eigenvalue weighted by Crippen LogP contribution is 2.32. The molecule has 0 fully saturated rings. The predicted octanol–water partition coefficient (Wildman–Crippen LogP) is 2.20. The van der Waals surface area contributed by atoms with Crippen molar-refractivity contribution in [2.75, 3.05) is 27.8 Å². The summed E-state index contributed by atoms with van der Waals surface area (Å²) in [6.07, 6.45) is 3.45. The van der Waals surface area contributed by atoms with Crippen molar-refractivity contribution in [3.63, 3.8) is 0 Å². The SMILES string of the molecule is COCOc1ccc(OCOC)c2cnccc12. The zero-order valence-corrected chi connectivity index (χ0v) is 10.4. The molecule has 0 aliphatic heterocycles. The normalized spacial score (nSPS) is 10.6. The van der Waals surface area contributed by atoms with Gasteiger partial charge in [0.25, 0.3) is 0 Å². The molecular formula is C13H15NO4. The van der Waals surface area contributed by atoms with Crippen molar-refractivity contribution >= 4 is 10.8 Å². The molecule has 0 aliphatic rings. The summed E-state index contributed by atoms with van der Waals surface area (Å²) in [4.78, 5) is 4.10. The van der Waals surface area contributed by atoms with Crippen LogP contribution in [0.1, 0.15) is 0 Å². The van der Waals surface area contributed by atoms with E-state index in [4.69, 9.17) is 18.9 Å². The Hall–Kier alpha value is -1.85. The lowest BCUT2D eigenvalue weighted by Gasteiger charge is -2.12. The van der Waals surface area contributed by atoms with Crippen molar-refractivity contribution in [1.82, 2.24) is 4.98 Å². The number of nitrogens with zero attached hydrogens (tertiary/aromatic N) is 1. The molecule has 0 bridgehead atoms.